The molecule has 1 aromatic carbocycles. The van der Waals surface area contributed by atoms with Gasteiger partial charge >= 0.3 is 0 Å². The number of fused-ring (bicyclic) bond motifs is 2. The van der Waals surface area contributed by atoms with Crippen LogP contribution < -0.4 is 10.1 Å². The topological polar surface area (TPSA) is 21.3 Å². The van der Waals surface area contributed by atoms with E-state index in [-0.39, 0.29) is 0 Å². The van der Waals surface area contributed by atoms with Gasteiger partial charge < -0.3 is 10.1 Å². The van der Waals surface area contributed by atoms with Crippen molar-refractivity contribution in [3.63, 3.8) is 0 Å². The summed E-state index contributed by atoms with van der Waals surface area (Å²) in [6.45, 7) is 7.23. The lowest BCUT2D eigenvalue weighted by Crippen LogP contribution is -2.45. The van der Waals surface area contributed by atoms with Crippen molar-refractivity contribution >= 4 is 17.3 Å². The number of halogens is 1. The van der Waals surface area contributed by atoms with E-state index in [4.69, 9.17) is 16.3 Å². The Morgan fingerprint density at radius 2 is 2.05 bits per heavy atom. The molecule has 0 aromatic heterocycles. The van der Waals surface area contributed by atoms with Crippen molar-refractivity contribution in [1.29, 1.82) is 0 Å². The van der Waals surface area contributed by atoms with Gasteiger partial charge in [-0.15, -0.1) is 0 Å². The molecule has 0 aliphatic heterocycles. The fraction of sp³-hybridized carbons (Fsp3) is 0.647. The predicted molar refractivity (Wildman–Crippen MR) is 84.6 cm³/mol. The summed E-state index contributed by atoms with van der Waals surface area (Å²) in [6, 6.07) is 6.26. The normalized spacial score (nSPS) is 34.2. The molecule has 2 nitrogen and oxygen atoms in total. The molecule has 110 valence electrons. The van der Waals surface area contributed by atoms with Crippen LogP contribution in [0.25, 0.3) is 0 Å². The highest BCUT2D eigenvalue weighted by molar-refractivity contribution is 6.30. The number of nitrogens with one attached hydrogen (secondary N) is 1. The fourth-order valence-corrected chi connectivity index (χ4v) is 4.78. The Labute approximate surface area is 126 Å². The maximum absolute atomic E-state index is 6.15. The van der Waals surface area contributed by atoms with Gasteiger partial charge in [0.1, 0.15) is 5.75 Å². The first-order chi connectivity index (χ1) is 9.37. The molecule has 3 atom stereocenters. The SMILES string of the molecule is COc1ccc(Cl)cc1NC1C2(C)CCC(C2)C1(C)C. The van der Waals surface area contributed by atoms with Gasteiger partial charge in [-0.1, -0.05) is 32.4 Å². The molecular formula is C17H24ClNO. The Hall–Kier alpha value is -0.890. The molecule has 1 N–H and O–H groups in total. The molecule has 1 aromatic rings. The lowest BCUT2D eigenvalue weighted by Gasteiger charge is -2.43. The van der Waals surface area contributed by atoms with Gasteiger partial charge in [-0.25, -0.2) is 0 Å². The molecule has 3 heteroatoms. The molecule has 2 aliphatic carbocycles. The van der Waals surface area contributed by atoms with Gasteiger partial charge in [-0.2, -0.15) is 0 Å². The van der Waals surface area contributed by atoms with E-state index in [0.29, 0.717) is 16.9 Å². The predicted octanol–water partition coefficient (Wildman–Crippen LogP) is 4.98. The molecular weight excluding hydrogens is 270 g/mol. The fourth-order valence-electron chi connectivity index (χ4n) is 4.61. The van der Waals surface area contributed by atoms with Gasteiger partial charge in [-0.05, 0) is 54.2 Å². The maximum atomic E-state index is 6.15. The van der Waals surface area contributed by atoms with Crippen LogP contribution in [0.4, 0.5) is 5.69 Å². The zero-order valence-electron chi connectivity index (χ0n) is 12.8. The highest BCUT2D eigenvalue weighted by Crippen LogP contribution is 2.63. The van der Waals surface area contributed by atoms with E-state index >= 15 is 0 Å². The lowest BCUT2D eigenvalue weighted by molar-refractivity contribution is 0.155. The monoisotopic (exact) mass is 293 g/mol. The molecule has 3 unspecified atom stereocenters. The molecule has 0 spiro atoms. The molecule has 0 radical (unpaired) electrons. The third-order valence-electron chi connectivity index (χ3n) is 5.73. The molecule has 2 fully saturated rings. The molecule has 2 bridgehead atoms. The van der Waals surface area contributed by atoms with Gasteiger partial charge in [0.25, 0.3) is 0 Å². The van der Waals surface area contributed by atoms with Crippen LogP contribution in [0.5, 0.6) is 5.75 Å². The van der Waals surface area contributed by atoms with Crippen LogP contribution in [-0.4, -0.2) is 13.2 Å². The average molecular weight is 294 g/mol. The first kappa shape index (κ1) is 14.1. The van der Waals surface area contributed by atoms with E-state index < -0.39 is 0 Å². The number of rotatable bonds is 3. The third-order valence-corrected chi connectivity index (χ3v) is 5.97. The zero-order valence-corrected chi connectivity index (χ0v) is 13.6. The number of hydrogen-bond donors (Lipinski definition) is 1. The molecule has 0 amide bonds. The number of hydrogen-bond acceptors (Lipinski definition) is 2. The van der Waals surface area contributed by atoms with Crippen molar-refractivity contribution in [3.05, 3.63) is 23.2 Å². The van der Waals surface area contributed by atoms with Crippen molar-refractivity contribution in [2.24, 2.45) is 16.7 Å². The van der Waals surface area contributed by atoms with Crippen molar-refractivity contribution in [3.8, 4) is 5.75 Å². The molecule has 0 saturated heterocycles. The first-order valence-corrected chi connectivity index (χ1v) is 7.85. The van der Waals surface area contributed by atoms with E-state index in [1.54, 1.807) is 7.11 Å². The van der Waals surface area contributed by atoms with E-state index in [2.05, 4.69) is 26.1 Å². The van der Waals surface area contributed by atoms with Crippen molar-refractivity contribution in [2.45, 2.75) is 46.1 Å². The number of ether oxygens (including phenoxy) is 1. The standard InChI is InChI=1S/C17H24ClNO/c1-16(2)11-7-8-17(3,10-11)15(16)19-13-9-12(18)5-6-14(13)20-4/h5-6,9,11,15,19H,7-8,10H2,1-4H3. The average Bonchev–Trinajstić information content (AvgIpc) is 2.86. The van der Waals surface area contributed by atoms with Crippen molar-refractivity contribution < 1.29 is 4.74 Å². The van der Waals surface area contributed by atoms with Crippen LogP contribution in [0.1, 0.15) is 40.0 Å². The smallest absolute Gasteiger partial charge is 0.142 e. The first-order valence-electron chi connectivity index (χ1n) is 7.47. The lowest BCUT2D eigenvalue weighted by atomic mass is 9.68. The van der Waals surface area contributed by atoms with Gasteiger partial charge in [0, 0.05) is 11.1 Å². The Balaban J connectivity index is 1.93. The number of methoxy groups -OCH3 is 1. The number of benzene rings is 1. The Morgan fingerprint density at radius 1 is 1.30 bits per heavy atom. The van der Waals surface area contributed by atoms with Crippen LogP contribution in [0.3, 0.4) is 0 Å². The van der Waals surface area contributed by atoms with Crippen LogP contribution in [0.2, 0.25) is 5.02 Å². The maximum Gasteiger partial charge on any atom is 0.142 e. The minimum atomic E-state index is 0.320. The van der Waals surface area contributed by atoms with Crippen LogP contribution in [-0.2, 0) is 0 Å². The summed E-state index contributed by atoms with van der Waals surface area (Å²) >= 11 is 6.15. The van der Waals surface area contributed by atoms with Crippen LogP contribution in [0.15, 0.2) is 18.2 Å². The Morgan fingerprint density at radius 3 is 2.65 bits per heavy atom. The summed E-state index contributed by atoms with van der Waals surface area (Å²) in [5.41, 5.74) is 1.73. The zero-order chi connectivity index (χ0) is 14.5. The quantitative estimate of drug-likeness (QED) is 0.849. The van der Waals surface area contributed by atoms with Gasteiger partial charge in [0.15, 0.2) is 0 Å². The van der Waals surface area contributed by atoms with E-state index in [9.17, 15) is 0 Å². The molecule has 20 heavy (non-hydrogen) atoms. The third kappa shape index (κ3) is 2.00. The molecule has 0 heterocycles. The molecule has 2 aliphatic rings. The second-order valence-electron chi connectivity index (χ2n) is 7.34. The highest BCUT2D eigenvalue weighted by Gasteiger charge is 2.59. The minimum absolute atomic E-state index is 0.320. The Bertz CT molecular complexity index is 523. The van der Waals surface area contributed by atoms with Crippen molar-refractivity contribution in [1.82, 2.24) is 0 Å². The summed E-state index contributed by atoms with van der Waals surface area (Å²) in [6.07, 6.45) is 4.02. The van der Waals surface area contributed by atoms with Gasteiger partial charge in [0.2, 0.25) is 0 Å². The van der Waals surface area contributed by atoms with Crippen molar-refractivity contribution in [2.75, 3.05) is 12.4 Å². The minimum Gasteiger partial charge on any atom is -0.495 e. The largest absolute Gasteiger partial charge is 0.495 e. The van der Waals surface area contributed by atoms with E-state index in [1.807, 2.05) is 18.2 Å². The molecule has 3 rings (SSSR count). The Kier molecular flexibility index (Phi) is 3.20. The summed E-state index contributed by atoms with van der Waals surface area (Å²) in [5, 5.41) is 4.50. The summed E-state index contributed by atoms with van der Waals surface area (Å²) in [5.74, 6) is 1.70. The van der Waals surface area contributed by atoms with E-state index in [0.717, 1.165) is 22.4 Å². The molecule has 2 saturated carbocycles. The highest BCUT2D eigenvalue weighted by atomic mass is 35.5. The van der Waals surface area contributed by atoms with Gasteiger partial charge in [0.05, 0.1) is 12.8 Å². The van der Waals surface area contributed by atoms with Gasteiger partial charge in [-0.3, -0.25) is 0 Å². The van der Waals surface area contributed by atoms with E-state index in [1.165, 1.54) is 19.3 Å². The van der Waals surface area contributed by atoms with Crippen LogP contribution in [0, 0.1) is 16.7 Å². The van der Waals surface area contributed by atoms with Crippen LogP contribution >= 0.6 is 11.6 Å². The summed E-state index contributed by atoms with van der Waals surface area (Å²) in [4.78, 5) is 0. The second kappa shape index (κ2) is 4.56. The summed E-state index contributed by atoms with van der Waals surface area (Å²) in [7, 11) is 1.71. The summed E-state index contributed by atoms with van der Waals surface area (Å²) < 4.78 is 5.47. The number of anilines is 1. The second-order valence-corrected chi connectivity index (χ2v) is 7.77.